The van der Waals surface area contributed by atoms with Gasteiger partial charge in [-0.15, -0.1) is 0 Å². The van der Waals surface area contributed by atoms with Gasteiger partial charge in [-0.05, 0) is 36.2 Å². The highest BCUT2D eigenvalue weighted by Crippen LogP contribution is 2.36. The third-order valence-electron chi connectivity index (χ3n) is 5.80. The van der Waals surface area contributed by atoms with Crippen LogP contribution in [0.4, 0.5) is 5.69 Å². The Bertz CT molecular complexity index is 1390. The second kappa shape index (κ2) is 10.1. The lowest BCUT2D eigenvalue weighted by Crippen LogP contribution is -2.27. The minimum absolute atomic E-state index is 0.131. The molecule has 0 saturated carbocycles. The van der Waals surface area contributed by atoms with Crippen molar-refractivity contribution >= 4 is 33.3 Å². The predicted octanol–water partition coefficient (Wildman–Crippen LogP) is 4.34. The molecule has 3 aromatic rings. The van der Waals surface area contributed by atoms with Gasteiger partial charge in [0, 0.05) is 18.4 Å². The second-order valence-corrected chi connectivity index (χ2v) is 9.90. The van der Waals surface area contributed by atoms with E-state index in [1.165, 1.54) is 17.1 Å². The number of carboxylic acid groups (broad SMARTS) is 1. The molecule has 0 bridgehead atoms. The molecule has 0 saturated heterocycles. The van der Waals surface area contributed by atoms with Gasteiger partial charge in [-0.3, -0.25) is 14.3 Å². The summed E-state index contributed by atoms with van der Waals surface area (Å²) in [7, 11) is -3.84. The van der Waals surface area contributed by atoms with Crippen molar-refractivity contribution in [3.63, 3.8) is 0 Å². The molecule has 1 unspecified atom stereocenters. The van der Waals surface area contributed by atoms with Crippen LogP contribution in [0, 0.1) is 6.92 Å². The van der Waals surface area contributed by atoms with Crippen LogP contribution in [-0.4, -0.2) is 36.1 Å². The van der Waals surface area contributed by atoms with Crippen LogP contribution in [0.5, 0.6) is 0 Å². The Morgan fingerprint density at radius 2 is 1.63 bits per heavy atom. The normalized spacial score (nSPS) is 15.5. The number of para-hydroxylation sites is 1. The van der Waals surface area contributed by atoms with E-state index < -0.39 is 27.9 Å². The molecule has 180 valence electrons. The maximum Gasteiger partial charge on any atom is 0.303 e. The molecule has 0 fully saturated rings. The number of sulfonamides is 1. The third-order valence-corrected chi connectivity index (χ3v) is 7.18. The number of carboxylic acids is 1. The fourth-order valence-corrected chi connectivity index (χ4v) is 5.16. The van der Waals surface area contributed by atoms with Gasteiger partial charge in [0.1, 0.15) is 0 Å². The SMILES string of the molecule is Cc1ccccc1C1CC(c2ccccc2NS(=O)(=O)c2ccccc2)=NN1C(=O)CCC(=O)O. The van der Waals surface area contributed by atoms with Gasteiger partial charge in [-0.2, -0.15) is 5.10 Å². The maximum absolute atomic E-state index is 13.0. The molecule has 8 nitrogen and oxygen atoms in total. The first-order valence-electron chi connectivity index (χ1n) is 11.1. The molecule has 35 heavy (non-hydrogen) atoms. The summed E-state index contributed by atoms with van der Waals surface area (Å²) in [4.78, 5) is 24.1. The largest absolute Gasteiger partial charge is 0.481 e. The number of hydrogen-bond acceptors (Lipinski definition) is 5. The number of carbonyl (C=O) groups excluding carboxylic acids is 1. The predicted molar refractivity (Wildman–Crippen MR) is 132 cm³/mol. The summed E-state index contributed by atoms with van der Waals surface area (Å²) in [5.41, 5.74) is 3.31. The zero-order valence-corrected chi connectivity index (χ0v) is 19.9. The molecule has 0 spiro atoms. The van der Waals surface area contributed by atoms with E-state index in [2.05, 4.69) is 9.82 Å². The smallest absolute Gasteiger partial charge is 0.303 e. The number of hydrazone groups is 1. The van der Waals surface area contributed by atoms with Crippen molar-refractivity contribution in [1.82, 2.24) is 5.01 Å². The van der Waals surface area contributed by atoms with E-state index in [9.17, 15) is 18.0 Å². The minimum atomic E-state index is -3.84. The van der Waals surface area contributed by atoms with E-state index in [1.54, 1.807) is 42.5 Å². The molecule has 4 rings (SSSR count). The Hall–Kier alpha value is -3.98. The summed E-state index contributed by atoms with van der Waals surface area (Å²) in [5, 5.41) is 14.9. The van der Waals surface area contributed by atoms with Gasteiger partial charge in [0.05, 0.1) is 28.8 Å². The van der Waals surface area contributed by atoms with Crippen molar-refractivity contribution < 1.29 is 23.1 Å². The highest BCUT2D eigenvalue weighted by atomic mass is 32.2. The van der Waals surface area contributed by atoms with Gasteiger partial charge in [0.2, 0.25) is 5.91 Å². The molecule has 1 heterocycles. The van der Waals surface area contributed by atoms with Crippen LogP contribution >= 0.6 is 0 Å². The molecule has 1 atom stereocenters. The lowest BCUT2D eigenvalue weighted by Gasteiger charge is -2.23. The average Bonchev–Trinajstić information content (AvgIpc) is 3.28. The summed E-state index contributed by atoms with van der Waals surface area (Å²) >= 11 is 0. The zero-order valence-electron chi connectivity index (χ0n) is 19.1. The monoisotopic (exact) mass is 491 g/mol. The van der Waals surface area contributed by atoms with Gasteiger partial charge < -0.3 is 5.11 Å². The number of amides is 1. The number of rotatable bonds is 8. The summed E-state index contributed by atoms with van der Waals surface area (Å²) in [6.07, 6.45) is -0.126. The van der Waals surface area contributed by atoms with Crippen molar-refractivity contribution in [3.05, 3.63) is 95.6 Å². The van der Waals surface area contributed by atoms with Gasteiger partial charge in [0.25, 0.3) is 10.0 Å². The number of carbonyl (C=O) groups is 2. The average molecular weight is 492 g/mol. The van der Waals surface area contributed by atoms with E-state index in [0.717, 1.165) is 11.1 Å². The number of nitrogens with one attached hydrogen (secondary N) is 1. The molecule has 1 aliphatic heterocycles. The number of hydrogen-bond donors (Lipinski definition) is 2. The van der Waals surface area contributed by atoms with Crippen molar-refractivity contribution in [3.8, 4) is 0 Å². The lowest BCUT2D eigenvalue weighted by molar-refractivity contribution is -0.141. The second-order valence-electron chi connectivity index (χ2n) is 8.22. The Morgan fingerprint density at radius 1 is 0.971 bits per heavy atom. The molecule has 3 aromatic carbocycles. The first kappa shape index (κ1) is 24.2. The molecule has 1 amide bonds. The summed E-state index contributed by atoms with van der Waals surface area (Å²) in [5.74, 6) is -1.46. The Labute approximate surface area is 204 Å². The van der Waals surface area contributed by atoms with Crippen LogP contribution in [0.15, 0.2) is 88.9 Å². The molecular weight excluding hydrogens is 466 g/mol. The molecule has 0 radical (unpaired) electrons. The third kappa shape index (κ3) is 5.41. The van der Waals surface area contributed by atoms with Crippen molar-refractivity contribution in [1.29, 1.82) is 0 Å². The maximum atomic E-state index is 13.0. The number of anilines is 1. The van der Waals surface area contributed by atoms with Crippen LogP contribution < -0.4 is 4.72 Å². The van der Waals surface area contributed by atoms with Crippen LogP contribution in [0.1, 0.15) is 42.0 Å². The molecule has 2 N–H and O–H groups in total. The number of aliphatic carboxylic acids is 1. The highest BCUT2D eigenvalue weighted by Gasteiger charge is 2.34. The standard InChI is InChI=1S/C26H25N3O5S/c1-18-9-5-6-12-20(18)24-17-23(27-29(24)25(30)15-16-26(31)32)21-13-7-8-14-22(21)28-35(33,34)19-10-3-2-4-11-19/h2-14,24,28H,15-17H2,1H3,(H,31,32). The van der Waals surface area contributed by atoms with Crippen LogP contribution in [0.2, 0.25) is 0 Å². The molecule has 9 heteroatoms. The Morgan fingerprint density at radius 3 is 2.34 bits per heavy atom. The summed E-state index contributed by atoms with van der Waals surface area (Å²) in [6, 6.07) is 22.2. The van der Waals surface area contributed by atoms with Crippen LogP contribution in [0.25, 0.3) is 0 Å². The fraction of sp³-hybridized carbons (Fsp3) is 0.192. The molecule has 0 aromatic heterocycles. The highest BCUT2D eigenvalue weighted by molar-refractivity contribution is 7.92. The Balaban J connectivity index is 1.70. The first-order valence-corrected chi connectivity index (χ1v) is 12.6. The summed E-state index contributed by atoms with van der Waals surface area (Å²) in [6.45, 7) is 1.94. The quantitative estimate of drug-likeness (QED) is 0.486. The molecule has 1 aliphatic rings. The zero-order chi connectivity index (χ0) is 25.0. The van der Waals surface area contributed by atoms with Crippen molar-refractivity contribution in [2.45, 2.75) is 37.1 Å². The number of benzene rings is 3. The van der Waals surface area contributed by atoms with Crippen molar-refractivity contribution in [2.75, 3.05) is 4.72 Å². The van der Waals surface area contributed by atoms with Gasteiger partial charge in [-0.1, -0.05) is 60.7 Å². The van der Waals surface area contributed by atoms with E-state index in [-0.39, 0.29) is 17.7 Å². The Kier molecular flexibility index (Phi) is 6.97. The van der Waals surface area contributed by atoms with E-state index in [4.69, 9.17) is 5.11 Å². The molecular formula is C26H25N3O5S. The number of aryl methyl sites for hydroxylation is 1. The topological polar surface area (TPSA) is 116 Å². The van der Waals surface area contributed by atoms with Gasteiger partial charge in [-0.25, -0.2) is 13.4 Å². The number of nitrogens with zero attached hydrogens (tertiary/aromatic N) is 2. The van der Waals surface area contributed by atoms with Gasteiger partial charge >= 0.3 is 5.97 Å². The summed E-state index contributed by atoms with van der Waals surface area (Å²) < 4.78 is 28.5. The minimum Gasteiger partial charge on any atom is -0.481 e. The van der Waals surface area contributed by atoms with Crippen LogP contribution in [0.3, 0.4) is 0 Å². The lowest BCUT2D eigenvalue weighted by atomic mass is 9.94. The molecule has 0 aliphatic carbocycles. The van der Waals surface area contributed by atoms with Crippen LogP contribution in [-0.2, 0) is 19.6 Å². The van der Waals surface area contributed by atoms with E-state index in [1.807, 2.05) is 31.2 Å². The first-order chi connectivity index (χ1) is 16.8. The van der Waals surface area contributed by atoms with E-state index >= 15 is 0 Å². The van der Waals surface area contributed by atoms with E-state index in [0.29, 0.717) is 23.4 Å². The van der Waals surface area contributed by atoms with Crippen molar-refractivity contribution in [2.24, 2.45) is 5.10 Å². The van der Waals surface area contributed by atoms with Gasteiger partial charge in [0.15, 0.2) is 0 Å². The fourth-order valence-electron chi connectivity index (χ4n) is 4.06.